The minimum atomic E-state index is -0.384. The molecule has 4 unspecified atom stereocenters. The Morgan fingerprint density at radius 2 is 1.88 bits per heavy atom. The molecule has 1 aromatic carbocycles. The highest BCUT2D eigenvalue weighted by atomic mass is 16.5. The Morgan fingerprint density at radius 1 is 1.21 bits per heavy atom. The predicted octanol–water partition coefficient (Wildman–Crippen LogP) is 1.44. The highest BCUT2D eigenvalue weighted by molar-refractivity contribution is 6.09. The molecule has 6 nitrogen and oxygen atoms in total. The number of benzene rings is 1. The summed E-state index contributed by atoms with van der Waals surface area (Å²) in [6, 6.07) is 6.94. The van der Waals surface area contributed by atoms with Crippen molar-refractivity contribution in [3.05, 3.63) is 36.4 Å². The highest BCUT2D eigenvalue weighted by Gasteiger charge is 2.59. The minimum absolute atomic E-state index is 0.155. The van der Waals surface area contributed by atoms with Gasteiger partial charge in [-0.25, -0.2) is 0 Å². The summed E-state index contributed by atoms with van der Waals surface area (Å²) in [5.41, 5.74) is 0.570. The van der Waals surface area contributed by atoms with Crippen LogP contribution in [0.4, 0.5) is 5.69 Å². The number of fused-ring (bicyclic) bond motifs is 5. The second-order valence-corrected chi connectivity index (χ2v) is 6.54. The summed E-state index contributed by atoms with van der Waals surface area (Å²) in [4.78, 5) is 38.5. The van der Waals surface area contributed by atoms with Crippen LogP contribution < -0.4 is 10.1 Å². The van der Waals surface area contributed by atoms with Crippen LogP contribution in [0.1, 0.15) is 6.42 Å². The molecule has 3 aliphatic rings. The van der Waals surface area contributed by atoms with Crippen LogP contribution >= 0.6 is 0 Å². The Labute approximate surface area is 139 Å². The van der Waals surface area contributed by atoms with E-state index in [2.05, 4.69) is 5.32 Å². The number of carbonyl (C=O) groups is 3. The molecule has 0 radical (unpaired) electrons. The minimum Gasteiger partial charge on any atom is -0.497 e. The number of nitrogens with one attached hydrogen (secondary N) is 1. The second kappa shape index (κ2) is 5.47. The lowest BCUT2D eigenvalue weighted by Gasteiger charge is -2.17. The zero-order valence-corrected chi connectivity index (χ0v) is 13.3. The first-order valence-electron chi connectivity index (χ1n) is 8.06. The number of carbonyl (C=O) groups excluding carboxylic acids is 3. The van der Waals surface area contributed by atoms with E-state index in [4.69, 9.17) is 4.74 Å². The van der Waals surface area contributed by atoms with Crippen LogP contribution in [0, 0.1) is 23.7 Å². The Balaban J connectivity index is 1.45. The molecule has 6 heteroatoms. The van der Waals surface area contributed by atoms with Gasteiger partial charge in [-0.2, -0.15) is 0 Å². The summed E-state index contributed by atoms with van der Waals surface area (Å²) in [5, 5.41) is 2.71. The summed E-state index contributed by atoms with van der Waals surface area (Å²) in [6.45, 7) is -0.235. The van der Waals surface area contributed by atoms with Crippen molar-refractivity contribution in [1.29, 1.82) is 0 Å². The number of imide groups is 1. The lowest BCUT2D eigenvalue weighted by molar-refractivity contribution is -0.143. The number of methoxy groups -OCH3 is 1. The second-order valence-electron chi connectivity index (χ2n) is 6.54. The molecule has 124 valence electrons. The van der Waals surface area contributed by atoms with E-state index >= 15 is 0 Å². The van der Waals surface area contributed by atoms with Crippen molar-refractivity contribution in [3.8, 4) is 5.75 Å². The first kappa shape index (κ1) is 14.9. The van der Waals surface area contributed by atoms with E-state index in [1.54, 1.807) is 31.4 Å². The Morgan fingerprint density at radius 3 is 2.50 bits per heavy atom. The fourth-order valence-electron chi connectivity index (χ4n) is 4.16. The molecule has 3 amide bonds. The van der Waals surface area contributed by atoms with E-state index in [0.29, 0.717) is 11.4 Å². The third-order valence-corrected chi connectivity index (χ3v) is 5.22. The monoisotopic (exact) mass is 326 g/mol. The fourth-order valence-corrected chi connectivity index (χ4v) is 4.16. The van der Waals surface area contributed by atoms with E-state index < -0.39 is 0 Å². The van der Waals surface area contributed by atoms with Gasteiger partial charge >= 0.3 is 0 Å². The van der Waals surface area contributed by atoms with Crippen LogP contribution in [0.3, 0.4) is 0 Å². The average Bonchev–Trinajstić information content (AvgIpc) is 3.25. The van der Waals surface area contributed by atoms with Gasteiger partial charge in [0.25, 0.3) is 0 Å². The van der Waals surface area contributed by atoms with E-state index in [0.717, 1.165) is 11.3 Å². The van der Waals surface area contributed by atoms with Crippen LogP contribution in [0.2, 0.25) is 0 Å². The number of likely N-dealkylation sites (tertiary alicyclic amines) is 1. The average molecular weight is 326 g/mol. The Hall–Kier alpha value is -2.63. The number of allylic oxidation sites excluding steroid dienone is 2. The topological polar surface area (TPSA) is 75.7 Å². The van der Waals surface area contributed by atoms with Gasteiger partial charge < -0.3 is 10.1 Å². The van der Waals surface area contributed by atoms with Gasteiger partial charge in [0.2, 0.25) is 17.7 Å². The van der Waals surface area contributed by atoms with Crippen LogP contribution in [-0.2, 0) is 14.4 Å². The Bertz CT molecular complexity index is 727. The van der Waals surface area contributed by atoms with Crippen molar-refractivity contribution in [2.45, 2.75) is 6.42 Å². The molecule has 1 saturated carbocycles. The number of ether oxygens (including phenoxy) is 1. The van der Waals surface area contributed by atoms with E-state index in [-0.39, 0.29) is 47.9 Å². The Kier molecular flexibility index (Phi) is 3.40. The van der Waals surface area contributed by atoms with Crippen LogP contribution in [-0.4, -0.2) is 36.3 Å². The quantitative estimate of drug-likeness (QED) is 0.671. The van der Waals surface area contributed by atoms with Crippen LogP contribution in [0.25, 0.3) is 0 Å². The van der Waals surface area contributed by atoms with Gasteiger partial charge in [-0.05, 0) is 30.4 Å². The largest absolute Gasteiger partial charge is 0.497 e. The first-order valence-corrected chi connectivity index (χ1v) is 8.06. The molecule has 2 fully saturated rings. The lowest BCUT2D eigenvalue weighted by Crippen LogP contribution is -2.39. The number of nitrogens with zero attached hydrogens (tertiary/aromatic N) is 1. The number of amides is 3. The predicted molar refractivity (Wildman–Crippen MR) is 86.1 cm³/mol. The zero-order chi connectivity index (χ0) is 16.8. The molecule has 4 rings (SSSR count). The maximum atomic E-state index is 12.5. The SMILES string of the molecule is COc1cccc(NC(=O)CN2C(=O)C3C4C=CC(C4)C3C2=O)c1. The number of anilines is 1. The molecular weight excluding hydrogens is 308 g/mol. The van der Waals surface area contributed by atoms with Gasteiger partial charge in [0.05, 0.1) is 18.9 Å². The van der Waals surface area contributed by atoms with Crippen molar-refractivity contribution < 1.29 is 19.1 Å². The molecule has 1 aliphatic heterocycles. The van der Waals surface area contributed by atoms with Crippen LogP contribution in [0.5, 0.6) is 5.75 Å². The third kappa shape index (κ3) is 2.21. The van der Waals surface area contributed by atoms with Crippen LogP contribution in [0.15, 0.2) is 36.4 Å². The van der Waals surface area contributed by atoms with E-state index in [1.807, 2.05) is 12.2 Å². The molecule has 1 N–H and O–H groups in total. The molecule has 0 aromatic heterocycles. The lowest BCUT2D eigenvalue weighted by atomic mass is 9.85. The molecule has 1 saturated heterocycles. The molecular formula is C18H18N2O4. The maximum Gasteiger partial charge on any atom is 0.244 e. The molecule has 24 heavy (non-hydrogen) atoms. The van der Waals surface area contributed by atoms with Gasteiger partial charge in [-0.3, -0.25) is 19.3 Å². The van der Waals surface area contributed by atoms with E-state index in [9.17, 15) is 14.4 Å². The smallest absolute Gasteiger partial charge is 0.244 e. The van der Waals surface area contributed by atoms with Gasteiger partial charge in [0.1, 0.15) is 12.3 Å². The van der Waals surface area contributed by atoms with Crippen molar-refractivity contribution in [2.75, 3.05) is 19.0 Å². The van der Waals surface area contributed by atoms with Gasteiger partial charge in [-0.1, -0.05) is 18.2 Å². The molecule has 1 heterocycles. The third-order valence-electron chi connectivity index (χ3n) is 5.22. The van der Waals surface area contributed by atoms with Crippen molar-refractivity contribution in [1.82, 2.24) is 4.90 Å². The van der Waals surface area contributed by atoms with Crippen molar-refractivity contribution in [3.63, 3.8) is 0 Å². The van der Waals surface area contributed by atoms with Crippen molar-refractivity contribution in [2.24, 2.45) is 23.7 Å². The standard InChI is InChI=1S/C18H18N2O4/c1-24-13-4-2-3-12(8-13)19-14(21)9-20-17(22)15-10-5-6-11(7-10)16(15)18(20)23/h2-6,8,10-11,15-16H,7,9H2,1H3,(H,19,21). The van der Waals surface area contributed by atoms with E-state index in [1.165, 1.54) is 0 Å². The molecule has 2 aliphatic carbocycles. The fraction of sp³-hybridized carbons (Fsp3) is 0.389. The maximum absolute atomic E-state index is 12.5. The normalized spacial score (nSPS) is 30.0. The van der Waals surface area contributed by atoms with Gasteiger partial charge in [0, 0.05) is 11.8 Å². The molecule has 0 spiro atoms. The summed E-state index contributed by atoms with van der Waals surface area (Å²) in [6.07, 6.45) is 4.96. The first-order chi connectivity index (χ1) is 11.6. The molecule has 1 aromatic rings. The van der Waals surface area contributed by atoms with Gasteiger partial charge in [0.15, 0.2) is 0 Å². The highest BCUT2D eigenvalue weighted by Crippen LogP contribution is 2.52. The number of hydrogen-bond donors (Lipinski definition) is 1. The summed E-state index contributed by atoms with van der Waals surface area (Å²) < 4.78 is 5.11. The number of rotatable bonds is 4. The molecule has 2 bridgehead atoms. The summed E-state index contributed by atoms with van der Waals surface area (Å²) in [7, 11) is 1.55. The zero-order valence-electron chi connectivity index (χ0n) is 13.3. The van der Waals surface area contributed by atoms with Gasteiger partial charge in [-0.15, -0.1) is 0 Å². The molecule has 4 atom stereocenters. The van der Waals surface area contributed by atoms with Crippen molar-refractivity contribution >= 4 is 23.4 Å². The number of hydrogen-bond acceptors (Lipinski definition) is 4. The summed E-state index contributed by atoms with van der Waals surface area (Å²) >= 11 is 0. The summed E-state index contributed by atoms with van der Waals surface area (Å²) in [5.74, 6) is -0.395.